The van der Waals surface area contributed by atoms with Crippen LogP contribution in [-0.4, -0.2) is 36.7 Å². The summed E-state index contributed by atoms with van der Waals surface area (Å²) in [5, 5.41) is 23.0. The number of ketones is 1. The Labute approximate surface area is 166 Å². The number of nitro groups is 1. The van der Waals surface area contributed by atoms with Crippen molar-refractivity contribution in [2.45, 2.75) is 31.3 Å². The van der Waals surface area contributed by atoms with Crippen LogP contribution in [-0.2, 0) is 6.42 Å². The monoisotopic (exact) mass is 397 g/mol. The Hall–Kier alpha value is -3.07. The van der Waals surface area contributed by atoms with Crippen LogP contribution in [0.1, 0.15) is 35.7 Å². The van der Waals surface area contributed by atoms with Crippen LogP contribution in [0.25, 0.3) is 5.69 Å². The van der Waals surface area contributed by atoms with Crippen LogP contribution in [0.2, 0.25) is 0 Å². The molecule has 0 amide bonds. The highest BCUT2D eigenvalue weighted by molar-refractivity contribution is 7.99. The number of hydrogen-bond acceptors (Lipinski definition) is 7. The first-order chi connectivity index (χ1) is 13.6. The van der Waals surface area contributed by atoms with Gasteiger partial charge in [0.15, 0.2) is 5.78 Å². The number of thioether (sulfide) groups is 1. The molecule has 28 heavy (non-hydrogen) atoms. The fourth-order valence-corrected chi connectivity index (χ4v) is 3.41. The van der Waals surface area contributed by atoms with Crippen LogP contribution in [0.4, 0.5) is 5.69 Å². The number of benzene rings is 2. The zero-order valence-corrected chi connectivity index (χ0v) is 16.1. The van der Waals surface area contributed by atoms with Crippen molar-refractivity contribution < 1.29 is 9.72 Å². The van der Waals surface area contributed by atoms with Gasteiger partial charge in [-0.3, -0.25) is 14.9 Å². The minimum Gasteiger partial charge on any atom is -0.293 e. The third kappa shape index (κ3) is 4.80. The second-order valence-corrected chi connectivity index (χ2v) is 7.11. The van der Waals surface area contributed by atoms with Gasteiger partial charge in [-0.15, -0.1) is 5.10 Å². The topological polar surface area (TPSA) is 104 Å². The van der Waals surface area contributed by atoms with Gasteiger partial charge in [-0.1, -0.05) is 49.4 Å². The van der Waals surface area contributed by atoms with Gasteiger partial charge in [-0.2, -0.15) is 4.68 Å². The third-order valence-corrected chi connectivity index (χ3v) is 5.07. The van der Waals surface area contributed by atoms with Crippen LogP contribution in [0.15, 0.2) is 53.7 Å². The zero-order chi connectivity index (χ0) is 19.9. The molecule has 1 aromatic heterocycles. The van der Waals surface area contributed by atoms with Gasteiger partial charge in [0, 0.05) is 17.7 Å². The standard InChI is InChI=1S/C19H19N5O3S/c1-2-3-5-14-8-10-16(11-9-14)23-19(20-21-22-23)28-13-18(25)15-6-4-7-17(12-15)24(26)27/h4,6-12H,2-3,5,13H2,1H3. The summed E-state index contributed by atoms with van der Waals surface area (Å²) in [5.74, 6) is -0.144. The Morgan fingerprint density at radius 1 is 1.21 bits per heavy atom. The number of non-ortho nitro benzene ring substituents is 1. The maximum atomic E-state index is 12.4. The Morgan fingerprint density at radius 3 is 2.71 bits per heavy atom. The molecule has 0 atom stereocenters. The Balaban J connectivity index is 1.68. The number of rotatable bonds is 9. The molecular formula is C19H19N5O3S. The van der Waals surface area contributed by atoms with Crippen molar-refractivity contribution in [3.05, 3.63) is 69.8 Å². The van der Waals surface area contributed by atoms with Gasteiger partial charge >= 0.3 is 0 Å². The fraction of sp³-hybridized carbons (Fsp3) is 0.263. The predicted octanol–water partition coefficient (Wildman–Crippen LogP) is 3.89. The molecule has 0 saturated heterocycles. The highest BCUT2D eigenvalue weighted by Crippen LogP contribution is 2.21. The molecule has 0 unspecified atom stereocenters. The summed E-state index contributed by atoms with van der Waals surface area (Å²) in [6.07, 6.45) is 3.32. The Kier molecular flexibility index (Phi) is 6.49. The Bertz CT molecular complexity index is 972. The summed E-state index contributed by atoms with van der Waals surface area (Å²) in [4.78, 5) is 22.7. The maximum absolute atomic E-state index is 12.4. The summed E-state index contributed by atoms with van der Waals surface area (Å²) in [7, 11) is 0. The lowest BCUT2D eigenvalue weighted by atomic mass is 10.1. The maximum Gasteiger partial charge on any atom is 0.270 e. The minimum atomic E-state index is -0.519. The van der Waals surface area contributed by atoms with Crippen molar-refractivity contribution in [3.63, 3.8) is 0 Å². The lowest BCUT2D eigenvalue weighted by molar-refractivity contribution is -0.384. The van der Waals surface area contributed by atoms with E-state index in [4.69, 9.17) is 0 Å². The van der Waals surface area contributed by atoms with E-state index in [1.165, 1.54) is 35.5 Å². The SMILES string of the molecule is CCCCc1ccc(-n2nnnc2SCC(=O)c2cccc([N+](=O)[O-])c2)cc1. The Morgan fingerprint density at radius 2 is 2.00 bits per heavy atom. The molecule has 1 heterocycles. The van der Waals surface area contributed by atoms with E-state index in [0.29, 0.717) is 10.7 Å². The molecular weight excluding hydrogens is 378 g/mol. The normalized spacial score (nSPS) is 10.8. The molecule has 3 aromatic rings. The van der Waals surface area contributed by atoms with Gasteiger partial charge < -0.3 is 0 Å². The number of carbonyl (C=O) groups excluding carboxylic acids is 1. The lowest BCUT2D eigenvalue weighted by Gasteiger charge is -2.06. The first-order valence-electron chi connectivity index (χ1n) is 8.86. The van der Waals surface area contributed by atoms with Crippen LogP contribution in [0.3, 0.4) is 0 Å². The molecule has 144 valence electrons. The van der Waals surface area contributed by atoms with Crippen molar-refractivity contribution in [1.82, 2.24) is 20.2 Å². The molecule has 0 radical (unpaired) electrons. The minimum absolute atomic E-state index is 0.0795. The van der Waals surface area contributed by atoms with Gasteiger partial charge in [0.05, 0.1) is 16.4 Å². The second-order valence-electron chi connectivity index (χ2n) is 6.16. The predicted molar refractivity (Wildman–Crippen MR) is 106 cm³/mol. The molecule has 0 spiro atoms. The van der Waals surface area contributed by atoms with Crippen LogP contribution in [0, 0.1) is 10.1 Å². The smallest absolute Gasteiger partial charge is 0.270 e. The van der Waals surface area contributed by atoms with E-state index < -0.39 is 4.92 Å². The number of nitro benzene ring substituents is 1. The molecule has 0 N–H and O–H groups in total. The third-order valence-electron chi connectivity index (χ3n) is 4.15. The number of nitrogens with zero attached hydrogens (tertiary/aromatic N) is 5. The van der Waals surface area contributed by atoms with Crippen molar-refractivity contribution in [1.29, 1.82) is 0 Å². The van der Waals surface area contributed by atoms with E-state index in [1.807, 2.05) is 12.1 Å². The lowest BCUT2D eigenvalue weighted by Crippen LogP contribution is -2.05. The molecule has 9 heteroatoms. The highest BCUT2D eigenvalue weighted by Gasteiger charge is 2.15. The number of hydrogen-bond donors (Lipinski definition) is 0. The van der Waals surface area contributed by atoms with Crippen LogP contribution in [0.5, 0.6) is 0 Å². The van der Waals surface area contributed by atoms with Crippen molar-refractivity contribution >= 4 is 23.2 Å². The van der Waals surface area contributed by atoms with Gasteiger partial charge in [-0.25, -0.2) is 0 Å². The molecule has 3 rings (SSSR count). The number of carbonyl (C=O) groups is 1. The summed E-state index contributed by atoms with van der Waals surface area (Å²) in [6, 6.07) is 13.7. The summed E-state index contributed by atoms with van der Waals surface area (Å²) in [6.45, 7) is 2.16. The van der Waals surface area contributed by atoms with Gasteiger partial charge in [0.25, 0.3) is 5.69 Å². The van der Waals surface area contributed by atoms with E-state index in [0.717, 1.165) is 24.9 Å². The number of aryl methyl sites for hydroxylation is 1. The molecule has 0 fully saturated rings. The van der Waals surface area contributed by atoms with E-state index in [2.05, 4.69) is 34.6 Å². The number of Topliss-reactive ketones (excluding diaryl/α,β-unsaturated/α-hetero) is 1. The average molecular weight is 397 g/mol. The van der Waals surface area contributed by atoms with Gasteiger partial charge in [0.1, 0.15) is 0 Å². The van der Waals surface area contributed by atoms with Gasteiger partial charge in [0.2, 0.25) is 5.16 Å². The van der Waals surface area contributed by atoms with Crippen molar-refractivity contribution in [2.75, 3.05) is 5.75 Å². The first kappa shape index (κ1) is 19.7. The molecule has 2 aromatic carbocycles. The summed E-state index contributed by atoms with van der Waals surface area (Å²) in [5.41, 5.74) is 2.26. The van der Waals surface area contributed by atoms with Crippen LogP contribution < -0.4 is 0 Å². The van der Waals surface area contributed by atoms with Gasteiger partial charge in [-0.05, 0) is 41.0 Å². The molecule has 0 bridgehead atoms. The first-order valence-corrected chi connectivity index (χ1v) is 9.85. The fourth-order valence-electron chi connectivity index (χ4n) is 2.62. The van der Waals surface area contributed by atoms with E-state index in [9.17, 15) is 14.9 Å². The van der Waals surface area contributed by atoms with E-state index >= 15 is 0 Å². The summed E-state index contributed by atoms with van der Waals surface area (Å²) < 4.78 is 1.58. The zero-order valence-electron chi connectivity index (χ0n) is 15.3. The number of aromatic nitrogens is 4. The quantitative estimate of drug-likeness (QED) is 0.233. The number of tetrazole rings is 1. The molecule has 0 aliphatic carbocycles. The van der Waals surface area contributed by atoms with Crippen LogP contribution >= 0.6 is 11.8 Å². The summed E-state index contributed by atoms with van der Waals surface area (Å²) >= 11 is 1.19. The van der Waals surface area contributed by atoms with E-state index in [-0.39, 0.29) is 17.2 Å². The molecule has 0 aliphatic heterocycles. The number of unbranched alkanes of at least 4 members (excludes halogenated alkanes) is 1. The molecule has 8 nitrogen and oxygen atoms in total. The molecule has 0 aliphatic rings. The van der Waals surface area contributed by atoms with Crippen molar-refractivity contribution in [2.24, 2.45) is 0 Å². The van der Waals surface area contributed by atoms with Crippen molar-refractivity contribution in [3.8, 4) is 5.69 Å². The van der Waals surface area contributed by atoms with E-state index in [1.54, 1.807) is 10.7 Å². The molecule has 0 saturated carbocycles. The largest absolute Gasteiger partial charge is 0.293 e. The highest BCUT2D eigenvalue weighted by atomic mass is 32.2. The average Bonchev–Trinajstić information content (AvgIpc) is 3.19. The second kappa shape index (κ2) is 9.23.